The Morgan fingerprint density at radius 1 is 1.05 bits per heavy atom. The van der Waals surface area contributed by atoms with Crippen LogP contribution in [0, 0.1) is 0 Å². The highest BCUT2D eigenvalue weighted by molar-refractivity contribution is 7.99. The number of thioether (sulfide) groups is 1. The van der Waals surface area contributed by atoms with Crippen molar-refractivity contribution in [2.24, 2.45) is 0 Å². The zero-order chi connectivity index (χ0) is 31.3. The minimum Gasteiger partial charge on any atom is -0.465 e. The summed E-state index contributed by atoms with van der Waals surface area (Å²) in [5, 5.41) is 8.05. The van der Waals surface area contributed by atoms with E-state index in [0.29, 0.717) is 25.3 Å². The molecule has 1 aliphatic heterocycles. The van der Waals surface area contributed by atoms with Crippen LogP contribution in [0.3, 0.4) is 0 Å². The minimum absolute atomic E-state index is 0.0125. The van der Waals surface area contributed by atoms with E-state index in [2.05, 4.69) is 10.6 Å². The third-order valence-corrected chi connectivity index (χ3v) is 8.59. The smallest absolute Gasteiger partial charge is 0.407 e. The molecule has 1 fully saturated rings. The van der Waals surface area contributed by atoms with Crippen LogP contribution in [0.2, 0.25) is 0 Å². The van der Waals surface area contributed by atoms with Crippen molar-refractivity contribution in [3.8, 4) is 0 Å². The summed E-state index contributed by atoms with van der Waals surface area (Å²) in [4.78, 5) is 53.8. The largest absolute Gasteiger partial charge is 0.465 e. The molecule has 1 aromatic rings. The summed E-state index contributed by atoms with van der Waals surface area (Å²) in [5.74, 6) is -0.623. The van der Waals surface area contributed by atoms with E-state index in [0.717, 1.165) is 30.6 Å². The normalized spacial score (nSPS) is 18.6. The number of hydrogen-bond acceptors (Lipinski definition) is 10. The number of alkyl carbamates (subject to hydrolysis) is 1. The van der Waals surface area contributed by atoms with Gasteiger partial charge < -0.3 is 24.4 Å². The van der Waals surface area contributed by atoms with Crippen molar-refractivity contribution < 1.29 is 33.4 Å². The van der Waals surface area contributed by atoms with Crippen molar-refractivity contribution >= 4 is 47.0 Å². The lowest BCUT2D eigenvalue weighted by molar-refractivity contribution is -0.159. The molecule has 1 aliphatic rings. The monoisotopic (exact) mass is 627 g/mol. The van der Waals surface area contributed by atoms with Gasteiger partial charge in [-0.15, -0.1) is 23.1 Å². The van der Waals surface area contributed by atoms with Gasteiger partial charge in [-0.2, -0.15) is 0 Å². The van der Waals surface area contributed by atoms with Crippen LogP contribution in [-0.4, -0.2) is 84.1 Å². The molecule has 0 saturated carbocycles. The number of thiophene rings is 1. The number of rotatable bonds is 14. The number of carbonyl (C=O) groups is 4. The Hall–Kier alpha value is -2.31. The maximum absolute atomic E-state index is 13.7. The summed E-state index contributed by atoms with van der Waals surface area (Å²) in [5.41, 5.74) is -1.19. The summed E-state index contributed by atoms with van der Waals surface area (Å²) in [6.07, 6.45) is 3.34. The number of carbonyl (C=O) groups excluding carboxylic acids is 4. The van der Waals surface area contributed by atoms with Crippen LogP contribution in [0.25, 0.3) is 0 Å². The fourth-order valence-electron chi connectivity index (χ4n) is 4.37. The van der Waals surface area contributed by atoms with Gasteiger partial charge in [-0.3, -0.25) is 19.7 Å². The van der Waals surface area contributed by atoms with Gasteiger partial charge in [0.15, 0.2) is 0 Å². The Bertz CT molecular complexity index is 1010. The molecular formula is C30H49N3O7S2. The average molecular weight is 628 g/mol. The summed E-state index contributed by atoms with van der Waals surface area (Å²) in [7, 11) is 0. The van der Waals surface area contributed by atoms with Crippen molar-refractivity contribution in [2.45, 2.75) is 109 Å². The number of nitrogens with zero attached hydrogens (tertiary/aromatic N) is 1. The van der Waals surface area contributed by atoms with Crippen molar-refractivity contribution in [1.29, 1.82) is 0 Å². The van der Waals surface area contributed by atoms with Gasteiger partial charge in [0.1, 0.15) is 23.8 Å². The molecule has 42 heavy (non-hydrogen) atoms. The van der Waals surface area contributed by atoms with Gasteiger partial charge in [-0.05, 0) is 72.8 Å². The molecule has 12 heteroatoms. The molecule has 2 amide bonds. The molecule has 3 atom stereocenters. The predicted octanol–water partition coefficient (Wildman–Crippen LogP) is 5.07. The highest BCUT2D eigenvalue weighted by Gasteiger charge is 2.36. The molecule has 1 saturated heterocycles. The lowest BCUT2D eigenvalue weighted by Gasteiger charge is -2.28. The standard InChI is InChI=1S/C30H49N3O7S2/c1-8-38-27(36)21(14-11-9-10-12-16-31-28(37)40-30(5,6)7)32-22-20-42-24(23-15-13-17-41-23)18-33(26(22)35)19-25(34)39-29(2,3)4/h13,15,17,21-22,24,32H,8-12,14,16,18-20H2,1-7H3,(H,31,37)/t21-,22-,24-/m0/s1. The van der Waals surface area contributed by atoms with Gasteiger partial charge in [-0.25, -0.2) is 4.79 Å². The van der Waals surface area contributed by atoms with E-state index in [1.807, 2.05) is 38.3 Å². The molecule has 0 unspecified atom stereocenters. The topological polar surface area (TPSA) is 123 Å². The molecule has 238 valence electrons. The van der Waals surface area contributed by atoms with E-state index in [1.54, 1.807) is 55.7 Å². The van der Waals surface area contributed by atoms with Crippen molar-refractivity contribution in [3.63, 3.8) is 0 Å². The Kier molecular flexibility index (Phi) is 14.6. The third-order valence-electron chi connectivity index (χ3n) is 6.12. The number of ether oxygens (including phenoxy) is 3. The van der Waals surface area contributed by atoms with Crippen molar-refractivity contribution in [2.75, 3.05) is 32.0 Å². The number of nitrogens with one attached hydrogen (secondary N) is 2. The molecule has 0 spiro atoms. The highest BCUT2D eigenvalue weighted by Crippen LogP contribution is 2.36. The van der Waals surface area contributed by atoms with Gasteiger partial charge in [-0.1, -0.05) is 25.3 Å². The van der Waals surface area contributed by atoms with E-state index in [1.165, 1.54) is 0 Å². The molecule has 0 radical (unpaired) electrons. The SMILES string of the molecule is CCOC(=O)[C@H](CCCCCCNC(=O)OC(C)(C)C)N[C@H]1CS[C@H](c2cccs2)CN(CC(=O)OC(C)(C)C)C1=O. The second-order valence-corrected chi connectivity index (χ2v) is 14.5. The quantitative estimate of drug-likeness (QED) is 0.165. The van der Waals surface area contributed by atoms with E-state index in [4.69, 9.17) is 14.2 Å². The van der Waals surface area contributed by atoms with Crippen LogP contribution in [-0.2, 0) is 28.6 Å². The van der Waals surface area contributed by atoms with Gasteiger partial charge in [0.2, 0.25) is 5.91 Å². The van der Waals surface area contributed by atoms with E-state index in [9.17, 15) is 19.2 Å². The van der Waals surface area contributed by atoms with E-state index < -0.39 is 35.3 Å². The van der Waals surface area contributed by atoms with Crippen LogP contribution in [0.1, 0.15) is 90.7 Å². The summed E-state index contributed by atoms with van der Waals surface area (Å²) >= 11 is 3.26. The Labute approximate surface area is 259 Å². The van der Waals surface area contributed by atoms with Crippen LogP contribution < -0.4 is 10.6 Å². The third kappa shape index (κ3) is 13.8. The van der Waals surface area contributed by atoms with Gasteiger partial charge in [0.25, 0.3) is 0 Å². The lowest BCUT2D eigenvalue weighted by Crippen LogP contribution is -2.54. The molecule has 0 aromatic carbocycles. The zero-order valence-electron chi connectivity index (χ0n) is 26.2. The van der Waals surface area contributed by atoms with Gasteiger partial charge in [0.05, 0.1) is 17.9 Å². The fourth-order valence-corrected chi connectivity index (χ4v) is 6.63. The van der Waals surface area contributed by atoms with Gasteiger partial charge in [0, 0.05) is 23.7 Å². The van der Waals surface area contributed by atoms with Gasteiger partial charge >= 0.3 is 18.0 Å². The molecule has 1 aromatic heterocycles. The molecular weight excluding hydrogens is 578 g/mol. The molecule has 2 heterocycles. The fraction of sp³-hybridized carbons (Fsp3) is 0.733. The number of hydrogen-bond donors (Lipinski definition) is 2. The second kappa shape index (κ2) is 17.1. The van der Waals surface area contributed by atoms with E-state index in [-0.39, 0.29) is 30.3 Å². The average Bonchev–Trinajstić information content (AvgIpc) is 3.35. The summed E-state index contributed by atoms with van der Waals surface area (Å²) < 4.78 is 16.1. The van der Waals surface area contributed by atoms with Crippen molar-refractivity contribution in [1.82, 2.24) is 15.5 Å². The summed E-state index contributed by atoms with van der Waals surface area (Å²) in [6.45, 7) is 13.6. The Morgan fingerprint density at radius 3 is 2.36 bits per heavy atom. The van der Waals surface area contributed by atoms with Crippen molar-refractivity contribution in [3.05, 3.63) is 22.4 Å². The van der Waals surface area contributed by atoms with Crippen LogP contribution in [0.5, 0.6) is 0 Å². The molecule has 0 bridgehead atoms. The second-order valence-electron chi connectivity index (χ2n) is 12.3. The Balaban J connectivity index is 2.00. The summed E-state index contributed by atoms with van der Waals surface area (Å²) in [6, 6.07) is 2.71. The maximum atomic E-state index is 13.7. The first-order valence-corrected chi connectivity index (χ1v) is 16.7. The molecule has 10 nitrogen and oxygen atoms in total. The van der Waals surface area contributed by atoms with Crippen LogP contribution >= 0.6 is 23.1 Å². The van der Waals surface area contributed by atoms with Crippen LogP contribution in [0.4, 0.5) is 4.79 Å². The van der Waals surface area contributed by atoms with E-state index >= 15 is 0 Å². The molecule has 0 aliphatic carbocycles. The lowest BCUT2D eigenvalue weighted by atomic mass is 10.1. The number of unbranched alkanes of at least 4 members (excludes halogenated alkanes) is 3. The molecule has 2 rings (SSSR count). The Morgan fingerprint density at radius 2 is 1.74 bits per heavy atom. The predicted molar refractivity (Wildman–Crippen MR) is 167 cm³/mol. The first kappa shape index (κ1) is 35.9. The maximum Gasteiger partial charge on any atom is 0.407 e. The van der Waals surface area contributed by atoms with Crippen LogP contribution in [0.15, 0.2) is 17.5 Å². The first-order chi connectivity index (χ1) is 19.7. The zero-order valence-corrected chi connectivity index (χ0v) is 27.8. The minimum atomic E-state index is -0.660. The number of amides is 2. The molecule has 2 N–H and O–H groups in total. The highest BCUT2D eigenvalue weighted by atomic mass is 32.2. The first-order valence-electron chi connectivity index (χ1n) is 14.7. The number of esters is 2.